The number of benzene rings is 3. The van der Waals surface area contributed by atoms with Crippen molar-refractivity contribution in [1.82, 2.24) is 0 Å². The van der Waals surface area contributed by atoms with Crippen LogP contribution in [0.2, 0.25) is 5.02 Å². The highest BCUT2D eigenvalue weighted by Gasteiger charge is 2.13. The zero-order valence-electron chi connectivity index (χ0n) is 14.5. The summed E-state index contributed by atoms with van der Waals surface area (Å²) in [6.45, 7) is 2.23. The minimum Gasteiger partial charge on any atom is -0.372 e. The third-order valence-corrected chi connectivity index (χ3v) is 5.29. The van der Waals surface area contributed by atoms with Crippen LogP contribution < -0.4 is 10.2 Å². The minimum atomic E-state index is -0.122. The predicted octanol–water partition coefficient (Wildman–Crippen LogP) is 5.74. The molecule has 3 aromatic rings. The van der Waals surface area contributed by atoms with E-state index in [9.17, 15) is 4.79 Å². The number of piperidine rings is 1. The van der Waals surface area contributed by atoms with Gasteiger partial charge < -0.3 is 10.2 Å². The number of amides is 1. The number of hydrogen-bond donors (Lipinski definition) is 1. The van der Waals surface area contributed by atoms with Gasteiger partial charge in [-0.3, -0.25) is 4.79 Å². The summed E-state index contributed by atoms with van der Waals surface area (Å²) in [4.78, 5) is 15.2. The number of carbonyl (C=O) groups is 1. The maximum Gasteiger partial charge on any atom is 0.256 e. The van der Waals surface area contributed by atoms with Gasteiger partial charge in [-0.05, 0) is 61.0 Å². The van der Waals surface area contributed by atoms with Crippen LogP contribution in [0.15, 0.2) is 60.7 Å². The first-order valence-corrected chi connectivity index (χ1v) is 9.44. The van der Waals surface area contributed by atoms with Crippen LogP contribution in [0.4, 0.5) is 11.4 Å². The molecule has 0 radical (unpaired) electrons. The summed E-state index contributed by atoms with van der Waals surface area (Å²) in [5, 5.41) is 5.41. The summed E-state index contributed by atoms with van der Waals surface area (Å²) in [7, 11) is 0. The fourth-order valence-corrected chi connectivity index (χ4v) is 3.81. The lowest BCUT2D eigenvalue weighted by Crippen LogP contribution is -2.29. The van der Waals surface area contributed by atoms with Gasteiger partial charge in [-0.1, -0.05) is 35.9 Å². The second-order valence-electron chi connectivity index (χ2n) is 6.69. The molecule has 1 N–H and O–H groups in total. The van der Waals surface area contributed by atoms with Crippen molar-refractivity contribution in [2.75, 3.05) is 23.3 Å². The maximum atomic E-state index is 12.8. The zero-order valence-corrected chi connectivity index (χ0v) is 15.3. The monoisotopic (exact) mass is 364 g/mol. The Morgan fingerprint density at radius 2 is 1.54 bits per heavy atom. The lowest BCUT2D eigenvalue weighted by Gasteiger charge is -2.28. The van der Waals surface area contributed by atoms with Crippen molar-refractivity contribution < 1.29 is 4.79 Å². The normalized spacial score (nSPS) is 14.4. The Morgan fingerprint density at radius 1 is 0.846 bits per heavy atom. The Labute approximate surface area is 158 Å². The Morgan fingerprint density at radius 3 is 2.31 bits per heavy atom. The number of nitrogens with zero attached hydrogens (tertiary/aromatic N) is 1. The molecule has 4 rings (SSSR count). The van der Waals surface area contributed by atoms with E-state index < -0.39 is 0 Å². The molecule has 1 fully saturated rings. The molecular formula is C22H21ClN2O. The first-order valence-electron chi connectivity index (χ1n) is 9.06. The number of hydrogen-bond acceptors (Lipinski definition) is 2. The quantitative estimate of drug-likeness (QED) is 0.643. The topological polar surface area (TPSA) is 32.3 Å². The van der Waals surface area contributed by atoms with Crippen molar-refractivity contribution in [2.45, 2.75) is 19.3 Å². The number of carbonyl (C=O) groups excluding carboxylic acids is 1. The van der Waals surface area contributed by atoms with Crippen molar-refractivity contribution in [1.29, 1.82) is 0 Å². The molecule has 0 aliphatic carbocycles. The highest BCUT2D eigenvalue weighted by Crippen LogP contribution is 2.27. The van der Waals surface area contributed by atoms with E-state index in [1.54, 1.807) is 0 Å². The van der Waals surface area contributed by atoms with Crippen molar-refractivity contribution in [3.05, 3.63) is 71.2 Å². The van der Waals surface area contributed by atoms with Gasteiger partial charge in [-0.25, -0.2) is 0 Å². The number of fused-ring (bicyclic) bond motifs is 1. The van der Waals surface area contributed by atoms with Crippen LogP contribution >= 0.6 is 11.6 Å². The van der Waals surface area contributed by atoms with E-state index in [0.29, 0.717) is 10.6 Å². The Kier molecular flexibility index (Phi) is 4.81. The van der Waals surface area contributed by atoms with Crippen molar-refractivity contribution >= 4 is 39.7 Å². The molecule has 1 aliphatic heterocycles. The Hall–Kier alpha value is -2.52. The zero-order chi connectivity index (χ0) is 17.9. The van der Waals surface area contributed by atoms with E-state index in [4.69, 9.17) is 11.6 Å². The molecule has 0 atom stereocenters. The van der Waals surface area contributed by atoms with Gasteiger partial charge in [0, 0.05) is 40.4 Å². The van der Waals surface area contributed by atoms with Gasteiger partial charge in [0.25, 0.3) is 5.91 Å². The third kappa shape index (κ3) is 3.40. The predicted molar refractivity (Wildman–Crippen MR) is 109 cm³/mol. The van der Waals surface area contributed by atoms with Gasteiger partial charge >= 0.3 is 0 Å². The van der Waals surface area contributed by atoms with Gasteiger partial charge in [0.15, 0.2) is 0 Å². The summed E-state index contributed by atoms with van der Waals surface area (Å²) in [5.41, 5.74) is 2.65. The highest BCUT2D eigenvalue weighted by atomic mass is 35.5. The minimum absolute atomic E-state index is 0.122. The maximum absolute atomic E-state index is 12.8. The fraction of sp³-hybridized carbons (Fsp3) is 0.227. The molecule has 1 saturated heterocycles. The SMILES string of the molecule is O=C(Nc1ccc(N2CCCCC2)cc1)c1cccc2c(Cl)cccc12. The molecule has 3 aromatic carbocycles. The highest BCUT2D eigenvalue weighted by molar-refractivity contribution is 6.36. The van der Waals surface area contributed by atoms with Crippen LogP contribution in [0.3, 0.4) is 0 Å². The molecule has 0 bridgehead atoms. The van der Waals surface area contributed by atoms with Gasteiger partial charge in [0.2, 0.25) is 0 Å². The number of halogens is 1. The van der Waals surface area contributed by atoms with E-state index in [2.05, 4.69) is 22.3 Å². The number of nitrogens with one attached hydrogen (secondary N) is 1. The smallest absolute Gasteiger partial charge is 0.256 e. The average molecular weight is 365 g/mol. The van der Waals surface area contributed by atoms with E-state index >= 15 is 0 Å². The number of anilines is 2. The second kappa shape index (κ2) is 7.38. The summed E-state index contributed by atoms with van der Waals surface area (Å²) < 4.78 is 0. The largest absolute Gasteiger partial charge is 0.372 e. The average Bonchev–Trinajstić information content (AvgIpc) is 2.69. The van der Waals surface area contributed by atoms with Crippen LogP contribution in [0.1, 0.15) is 29.6 Å². The van der Waals surface area contributed by atoms with Gasteiger partial charge in [-0.15, -0.1) is 0 Å². The standard InChI is InChI=1S/C22H21ClN2O/c23-21-9-5-6-18-19(21)7-4-8-20(18)22(26)24-16-10-12-17(13-11-16)25-14-2-1-3-15-25/h4-13H,1-3,14-15H2,(H,24,26). The van der Waals surface area contributed by atoms with Crippen molar-refractivity contribution in [3.8, 4) is 0 Å². The van der Waals surface area contributed by atoms with E-state index in [1.807, 2.05) is 48.5 Å². The molecule has 132 valence electrons. The molecule has 0 saturated carbocycles. The van der Waals surface area contributed by atoms with Crippen LogP contribution in [0.25, 0.3) is 10.8 Å². The van der Waals surface area contributed by atoms with Crippen LogP contribution in [0, 0.1) is 0 Å². The first-order chi connectivity index (χ1) is 12.7. The summed E-state index contributed by atoms with van der Waals surface area (Å²) in [6.07, 6.45) is 3.82. The first kappa shape index (κ1) is 16.9. The molecule has 4 heteroatoms. The summed E-state index contributed by atoms with van der Waals surface area (Å²) >= 11 is 6.25. The summed E-state index contributed by atoms with van der Waals surface area (Å²) in [5.74, 6) is -0.122. The van der Waals surface area contributed by atoms with E-state index in [1.165, 1.54) is 24.9 Å². The lowest BCUT2D eigenvalue weighted by atomic mass is 10.0. The van der Waals surface area contributed by atoms with Crippen LogP contribution in [-0.4, -0.2) is 19.0 Å². The summed E-state index contributed by atoms with van der Waals surface area (Å²) in [6, 6.07) is 19.4. The molecule has 1 aliphatic rings. The lowest BCUT2D eigenvalue weighted by molar-refractivity contribution is 0.102. The van der Waals surface area contributed by atoms with E-state index in [-0.39, 0.29) is 5.91 Å². The number of rotatable bonds is 3. The van der Waals surface area contributed by atoms with Crippen molar-refractivity contribution in [2.24, 2.45) is 0 Å². The molecule has 1 amide bonds. The van der Waals surface area contributed by atoms with Gasteiger partial charge in [0.1, 0.15) is 0 Å². The molecule has 0 aromatic heterocycles. The van der Waals surface area contributed by atoms with Crippen molar-refractivity contribution in [3.63, 3.8) is 0 Å². The third-order valence-electron chi connectivity index (χ3n) is 4.96. The van der Waals surface area contributed by atoms with Crippen LogP contribution in [0.5, 0.6) is 0 Å². The van der Waals surface area contributed by atoms with Gasteiger partial charge in [-0.2, -0.15) is 0 Å². The molecule has 26 heavy (non-hydrogen) atoms. The van der Waals surface area contributed by atoms with Crippen LogP contribution in [-0.2, 0) is 0 Å². The Bertz CT molecular complexity index is 931. The molecular weight excluding hydrogens is 344 g/mol. The Balaban J connectivity index is 1.54. The fourth-order valence-electron chi connectivity index (χ4n) is 3.58. The molecule has 0 spiro atoms. The van der Waals surface area contributed by atoms with Gasteiger partial charge in [0.05, 0.1) is 0 Å². The molecule has 3 nitrogen and oxygen atoms in total. The molecule has 0 unspecified atom stereocenters. The van der Waals surface area contributed by atoms with E-state index in [0.717, 1.165) is 29.5 Å². The second-order valence-corrected chi connectivity index (χ2v) is 7.10. The molecule has 1 heterocycles.